The molecule has 1 rings (SSSR count). The monoisotopic (exact) mass is 336 g/mol. The van der Waals surface area contributed by atoms with Crippen LogP contribution in [-0.2, 0) is 20.4 Å². The first kappa shape index (κ1) is 20.1. The normalized spacial score (nSPS) is 13.7. The molecule has 2 nitrogen and oxygen atoms in total. The molecule has 3 heteroatoms. The number of ether oxygens (including phenoxy) is 1. The van der Waals surface area contributed by atoms with E-state index in [0.717, 1.165) is 11.3 Å². The van der Waals surface area contributed by atoms with Crippen molar-refractivity contribution in [3.8, 4) is 0 Å². The molecule has 1 aromatic rings. The maximum Gasteiger partial charge on any atom is 0.319 e. The van der Waals surface area contributed by atoms with Gasteiger partial charge in [0.05, 0.1) is 6.61 Å². The standard InChI is InChI=1S/C20H32O2S/c1-9-17(18(21)22-10-2)23-16-12-14(19(3,4)5)11-15(13-16)20(6,7)8/h11-13,17H,9-10H2,1-8H3. The van der Waals surface area contributed by atoms with Crippen LogP contribution in [0.3, 0.4) is 0 Å². The van der Waals surface area contributed by atoms with Crippen LogP contribution in [0, 0.1) is 0 Å². The van der Waals surface area contributed by atoms with Gasteiger partial charge in [-0.05, 0) is 47.4 Å². The minimum absolute atomic E-state index is 0.0855. The first-order valence-corrected chi connectivity index (χ1v) is 9.36. The highest BCUT2D eigenvalue weighted by atomic mass is 32.2. The summed E-state index contributed by atoms with van der Waals surface area (Å²) in [5, 5.41) is -0.141. The van der Waals surface area contributed by atoms with Gasteiger partial charge in [0, 0.05) is 4.90 Å². The van der Waals surface area contributed by atoms with Crippen molar-refractivity contribution in [2.24, 2.45) is 0 Å². The SMILES string of the molecule is CCOC(=O)C(CC)Sc1cc(C(C)(C)C)cc(C(C)(C)C)c1. The molecule has 130 valence electrons. The van der Waals surface area contributed by atoms with E-state index < -0.39 is 0 Å². The minimum Gasteiger partial charge on any atom is -0.465 e. The van der Waals surface area contributed by atoms with Gasteiger partial charge in [-0.3, -0.25) is 4.79 Å². The second kappa shape index (κ2) is 7.74. The van der Waals surface area contributed by atoms with E-state index in [4.69, 9.17) is 4.74 Å². The number of esters is 1. The van der Waals surface area contributed by atoms with Crippen molar-refractivity contribution in [2.75, 3.05) is 6.61 Å². The van der Waals surface area contributed by atoms with Gasteiger partial charge in [-0.1, -0.05) is 54.5 Å². The Morgan fingerprint density at radius 1 is 1.00 bits per heavy atom. The molecule has 1 atom stereocenters. The third-order valence-electron chi connectivity index (χ3n) is 3.84. The van der Waals surface area contributed by atoms with E-state index in [-0.39, 0.29) is 22.0 Å². The number of benzene rings is 1. The Hall–Kier alpha value is -0.960. The number of carbonyl (C=O) groups is 1. The van der Waals surface area contributed by atoms with Crippen LogP contribution in [-0.4, -0.2) is 17.8 Å². The second-order valence-electron chi connectivity index (χ2n) is 8.01. The molecule has 0 spiro atoms. The molecule has 0 aliphatic heterocycles. The maximum absolute atomic E-state index is 12.1. The third-order valence-corrected chi connectivity index (χ3v) is 5.16. The largest absolute Gasteiger partial charge is 0.465 e. The molecule has 0 aromatic heterocycles. The van der Waals surface area contributed by atoms with Gasteiger partial charge in [-0.15, -0.1) is 11.8 Å². The average Bonchev–Trinajstić information content (AvgIpc) is 2.42. The van der Waals surface area contributed by atoms with Crippen LogP contribution in [0.15, 0.2) is 23.1 Å². The molecule has 0 aliphatic rings. The molecule has 1 aromatic carbocycles. The van der Waals surface area contributed by atoms with Crippen LogP contribution >= 0.6 is 11.8 Å². The van der Waals surface area contributed by atoms with Crippen LogP contribution in [0.5, 0.6) is 0 Å². The Morgan fingerprint density at radius 3 is 1.83 bits per heavy atom. The third kappa shape index (κ3) is 5.87. The molecule has 0 N–H and O–H groups in total. The fourth-order valence-corrected chi connectivity index (χ4v) is 3.28. The average molecular weight is 337 g/mol. The molecule has 0 saturated heterocycles. The molecule has 0 bridgehead atoms. The lowest BCUT2D eigenvalue weighted by Crippen LogP contribution is -2.20. The summed E-state index contributed by atoms with van der Waals surface area (Å²) in [6.07, 6.45) is 0.772. The lowest BCUT2D eigenvalue weighted by molar-refractivity contribution is -0.142. The zero-order valence-corrected chi connectivity index (χ0v) is 16.8. The second-order valence-corrected chi connectivity index (χ2v) is 9.29. The summed E-state index contributed by atoms with van der Waals surface area (Å²) in [5.41, 5.74) is 2.79. The van der Waals surface area contributed by atoms with Crippen molar-refractivity contribution in [1.29, 1.82) is 0 Å². The molecular formula is C20H32O2S. The van der Waals surface area contributed by atoms with Crippen LogP contribution < -0.4 is 0 Å². The van der Waals surface area contributed by atoms with E-state index in [9.17, 15) is 4.79 Å². The molecule has 0 amide bonds. The van der Waals surface area contributed by atoms with Crippen molar-refractivity contribution >= 4 is 17.7 Å². The molecule has 0 heterocycles. The Bertz CT molecular complexity index is 503. The minimum atomic E-state index is -0.141. The number of hydrogen-bond acceptors (Lipinski definition) is 3. The van der Waals surface area contributed by atoms with Gasteiger partial charge in [0.1, 0.15) is 5.25 Å². The van der Waals surface area contributed by atoms with Crippen LogP contribution in [0.25, 0.3) is 0 Å². The summed E-state index contributed by atoms with van der Waals surface area (Å²) in [7, 11) is 0. The molecule has 0 saturated carbocycles. The molecule has 0 aliphatic carbocycles. The Balaban J connectivity index is 3.22. The quantitative estimate of drug-likeness (QED) is 0.508. The van der Waals surface area contributed by atoms with Crippen LogP contribution in [0.4, 0.5) is 0 Å². The Morgan fingerprint density at radius 2 is 1.48 bits per heavy atom. The summed E-state index contributed by atoms with van der Waals surface area (Å²) in [5.74, 6) is -0.113. The highest BCUT2D eigenvalue weighted by Crippen LogP contribution is 2.35. The fraction of sp³-hybridized carbons (Fsp3) is 0.650. The van der Waals surface area contributed by atoms with E-state index >= 15 is 0 Å². The summed E-state index contributed by atoms with van der Waals surface area (Å²) in [4.78, 5) is 13.3. The first-order chi connectivity index (χ1) is 10.5. The number of carbonyl (C=O) groups excluding carboxylic acids is 1. The van der Waals surface area contributed by atoms with Gasteiger partial charge in [-0.25, -0.2) is 0 Å². The van der Waals surface area contributed by atoms with Crippen molar-refractivity contribution in [3.05, 3.63) is 29.3 Å². The summed E-state index contributed by atoms with van der Waals surface area (Å²) in [6, 6.07) is 6.75. The highest BCUT2D eigenvalue weighted by molar-refractivity contribution is 8.00. The predicted octanol–water partition coefficient (Wildman–Crippen LogP) is 5.72. The van der Waals surface area contributed by atoms with Gasteiger partial charge in [-0.2, -0.15) is 0 Å². The Labute approximate surface area is 146 Å². The van der Waals surface area contributed by atoms with Crippen LogP contribution in [0.1, 0.15) is 72.9 Å². The summed E-state index contributed by atoms with van der Waals surface area (Å²) in [6.45, 7) is 17.7. The summed E-state index contributed by atoms with van der Waals surface area (Å²) < 4.78 is 5.20. The van der Waals surface area contributed by atoms with Crippen molar-refractivity contribution < 1.29 is 9.53 Å². The van der Waals surface area contributed by atoms with Crippen LogP contribution in [0.2, 0.25) is 0 Å². The molecule has 0 fully saturated rings. The van der Waals surface area contributed by atoms with Crippen molar-refractivity contribution in [3.63, 3.8) is 0 Å². The number of rotatable bonds is 5. The van der Waals surface area contributed by atoms with E-state index in [2.05, 4.69) is 59.7 Å². The molecule has 0 radical (unpaired) electrons. The van der Waals surface area contributed by atoms with Crippen molar-refractivity contribution in [2.45, 2.75) is 82.8 Å². The predicted molar refractivity (Wildman–Crippen MR) is 100 cm³/mol. The highest BCUT2D eigenvalue weighted by Gasteiger charge is 2.24. The van der Waals surface area contributed by atoms with Gasteiger partial charge < -0.3 is 4.74 Å². The van der Waals surface area contributed by atoms with E-state index in [0.29, 0.717) is 6.61 Å². The van der Waals surface area contributed by atoms with E-state index in [1.165, 1.54) is 11.1 Å². The summed E-state index contributed by atoms with van der Waals surface area (Å²) >= 11 is 1.62. The number of hydrogen-bond donors (Lipinski definition) is 0. The van der Waals surface area contributed by atoms with Gasteiger partial charge in [0.25, 0.3) is 0 Å². The fourth-order valence-electron chi connectivity index (χ4n) is 2.23. The van der Waals surface area contributed by atoms with E-state index in [1.54, 1.807) is 11.8 Å². The van der Waals surface area contributed by atoms with Gasteiger partial charge in [0.15, 0.2) is 0 Å². The smallest absolute Gasteiger partial charge is 0.319 e. The van der Waals surface area contributed by atoms with Crippen molar-refractivity contribution in [1.82, 2.24) is 0 Å². The zero-order chi connectivity index (χ0) is 17.8. The Kier molecular flexibility index (Phi) is 6.76. The maximum atomic E-state index is 12.1. The first-order valence-electron chi connectivity index (χ1n) is 8.48. The zero-order valence-electron chi connectivity index (χ0n) is 15.9. The van der Waals surface area contributed by atoms with Gasteiger partial charge in [0.2, 0.25) is 0 Å². The lowest BCUT2D eigenvalue weighted by Gasteiger charge is -2.26. The molecule has 1 unspecified atom stereocenters. The lowest BCUT2D eigenvalue weighted by atomic mass is 9.81. The number of thioether (sulfide) groups is 1. The topological polar surface area (TPSA) is 26.3 Å². The molecule has 23 heavy (non-hydrogen) atoms. The van der Waals surface area contributed by atoms with Gasteiger partial charge >= 0.3 is 5.97 Å². The van der Waals surface area contributed by atoms with E-state index in [1.807, 2.05) is 13.8 Å². The molecular weight excluding hydrogens is 304 g/mol.